The first kappa shape index (κ1) is 77.8. The van der Waals surface area contributed by atoms with Crippen LogP contribution in [0.15, 0.2) is 12.2 Å². The van der Waals surface area contributed by atoms with Crippen LogP contribution in [0.2, 0.25) is 0 Å². The zero-order valence-corrected chi connectivity index (χ0v) is 56.4. The van der Waals surface area contributed by atoms with Gasteiger partial charge in [0, 0.05) is 49.3 Å². The predicted molar refractivity (Wildman–Crippen MR) is 330 cm³/mol. The number of aliphatic hydroxyl groups is 2. The molecular formula is C62H111N11O13. The van der Waals surface area contributed by atoms with Gasteiger partial charge in [0.25, 0.3) is 0 Å². The number of likely N-dealkylation sites (N-methyl/N-ethyl adjacent to an activating group) is 7. The van der Waals surface area contributed by atoms with E-state index in [2.05, 4.69) is 21.3 Å². The number of aliphatic hydroxyl groups excluding tert-OH is 2. The highest BCUT2D eigenvalue weighted by molar-refractivity contribution is 6.00. The van der Waals surface area contributed by atoms with Gasteiger partial charge < -0.3 is 65.8 Å². The molecular weight excluding hydrogens is 1110 g/mol. The van der Waals surface area contributed by atoms with Crippen molar-refractivity contribution in [1.29, 1.82) is 0 Å². The molecule has 0 spiro atoms. The molecule has 6 N–H and O–H groups in total. The van der Waals surface area contributed by atoms with Crippen molar-refractivity contribution in [3.05, 3.63) is 12.2 Å². The van der Waals surface area contributed by atoms with E-state index in [0.717, 1.165) is 14.7 Å². The minimum absolute atomic E-state index is 0.0636. The van der Waals surface area contributed by atoms with Gasteiger partial charge in [0.05, 0.1) is 12.7 Å². The molecule has 1 aliphatic heterocycles. The Hall–Kier alpha value is -6.17. The third kappa shape index (κ3) is 20.5. The number of hydrogen-bond acceptors (Lipinski definition) is 13. The van der Waals surface area contributed by atoms with Crippen molar-refractivity contribution in [2.24, 2.45) is 41.4 Å². The topological polar surface area (TPSA) is 299 Å². The molecule has 1 saturated heterocycles. The Morgan fingerprint density at radius 3 is 1.27 bits per heavy atom. The quantitative estimate of drug-likeness (QED) is 0.129. The monoisotopic (exact) mass is 1220 g/mol. The number of allylic oxidation sites excluding steroid dienone is 2. The van der Waals surface area contributed by atoms with Crippen molar-refractivity contribution >= 4 is 65.0 Å². The maximum absolute atomic E-state index is 15.2. The minimum Gasteiger partial charge on any atom is -0.394 e. The Labute approximate surface area is 513 Å². The van der Waals surface area contributed by atoms with E-state index in [1.807, 2.05) is 41.5 Å². The second kappa shape index (κ2) is 35.0. The van der Waals surface area contributed by atoms with Crippen molar-refractivity contribution in [1.82, 2.24) is 55.6 Å². The molecule has 13 atom stereocenters. The van der Waals surface area contributed by atoms with E-state index >= 15 is 9.59 Å². The van der Waals surface area contributed by atoms with Crippen molar-refractivity contribution in [3.8, 4) is 0 Å². The van der Waals surface area contributed by atoms with Gasteiger partial charge >= 0.3 is 0 Å². The molecule has 0 bridgehead atoms. The van der Waals surface area contributed by atoms with Crippen molar-refractivity contribution in [2.45, 2.75) is 222 Å². The molecule has 0 aliphatic carbocycles. The van der Waals surface area contributed by atoms with E-state index in [1.54, 1.807) is 74.5 Å². The maximum Gasteiger partial charge on any atom is 0.248 e. The van der Waals surface area contributed by atoms with Crippen molar-refractivity contribution < 1.29 is 63.0 Å². The normalized spacial score (nSPS) is 27.6. The van der Waals surface area contributed by atoms with Crippen molar-refractivity contribution in [2.75, 3.05) is 55.9 Å². The Morgan fingerprint density at radius 2 is 0.826 bits per heavy atom. The van der Waals surface area contributed by atoms with Crippen LogP contribution >= 0.6 is 0 Å². The lowest BCUT2D eigenvalue weighted by Crippen LogP contribution is -2.64. The van der Waals surface area contributed by atoms with E-state index in [0.29, 0.717) is 0 Å². The van der Waals surface area contributed by atoms with E-state index in [1.165, 1.54) is 82.8 Å². The molecule has 0 unspecified atom stereocenters. The molecule has 0 aromatic carbocycles. The SMILES string of the molecule is C/C=C/C[C@@H](C)[C@@H](O)[C@H]1C(=O)N[C@@H](CC)C(=O)N(C)[C@H](CO)C(=O)N(C)[C@@H](C(C)C)C(=O)N[C@@H](C(C)C)C(=O)N(C)[C@@H](CC(C)C)C(=O)N[C@@H](C)C(=O)N[C@H](C)C(=O)N(C)[C@@H](CC(C)C)C(=O)N(C)[C@@H](CC(C)C)C(=O)N(C)[C@@H](C(C)C)C(=O)N1C. The van der Waals surface area contributed by atoms with E-state index in [4.69, 9.17) is 0 Å². The van der Waals surface area contributed by atoms with Crippen LogP contribution in [0.1, 0.15) is 150 Å². The fourth-order valence-electron chi connectivity index (χ4n) is 11.0. The molecule has 24 heteroatoms. The molecule has 24 nitrogen and oxygen atoms in total. The summed E-state index contributed by atoms with van der Waals surface area (Å²) in [5.74, 6) is -11.0. The highest BCUT2D eigenvalue weighted by atomic mass is 16.3. The number of nitrogens with zero attached hydrogens (tertiary/aromatic N) is 7. The van der Waals surface area contributed by atoms with Gasteiger partial charge in [-0.1, -0.05) is 109 Å². The summed E-state index contributed by atoms with van der Waals surface area (Å²) in [5, 5.41) is 33.8. The minimum atomic E-state index is -1.67. The Bertz CT molecular complexity index is 2360. The molecule has 11 amide bonds. The predicted octanol–water partition coefficient (Wildman–Crippen LogP) is 2.24. The summed E-state index contributed by atoms with van der Waals surface area (Å²) in [7, 11) is 9.61. The first-order valence-electron chi connectivity index (χ1n) is 30.7. The number of carbonyl (C=O) groups is 11. The smallest absolute Gasteiger partial charge is 0.248 e. The summed E-state index contributed by atoms with van der Waals surface area (Å²) >= 11 is 0. The molecule has 1 heterocycles. The second-order valence-corrected chi connectivity index (χ2v) is 26.0. The Kier molecular flexibility index (Phi) is 31.7. The van der Waals surface area contributed by atoms with Gasteiger partial charge in [-0.15, -0.1) is 0 Å². The van der Waals surface area contributed by atoms with Crippen LogP contribution in [0, 0.1) is 41.4 Å². The average molecular weight is 1220 g/mol. The molecule has 0 saturated carbocycles. The second-order valence-electron chi connectivity index (χ2n) is 26.0. The van der Waals surface area contributed by atoms with Crippen LogP contribution in [0.3, 0.4) is 0 Å². The standard InChI is InChI=1S/C62H111N11O13/c1-25-27-28-39(15)51(75)50-55(79)65-42(26-2)57(81)70(21)46(32-74)60(84)71(22)48(37(11)12)54(78)66-47(36(9)10)61(85)67(18)43(29-33(3)4)53(77)63-40(16)52(76)64-41(17)56(80)68(19)44(30-34(5)6)58(82)69(20)45(31-35(7)8)59(83)72(23)49(38(13)14)62(86)73(50)24/h25,27,33-51,74-75H,26,28-32H2,1-24H3,(H,63,77)(H,64,76)(H,65,79)(H,66,78)/b27-25+/t39-,40+,41-,42+,43+,44+,45+,46-,47+,48+,49+,50+,51-/m1/s1. The zero-order valence-electron chi connectivity index (χ0n) is 56.4. The third-order valence-electron chi connectivity index (χ3n) is 16.4. The molecule has 0 radical (unpaired) electrons. The van der Waals surface area contributed by atoms with Gasteiger partial charge in [-0.3, -0.25) is 52.7 Å². The number of rotatable bonds is 15. The van der Waals surface area contributed by atoms with E-state index in [-0.39, 0.29) is 49.9 Å². The average Bonchev–Trinajstić information content (AvgIpc) is 2.44. The lowest BCUT2D eigenvalue weighted by atomic mass is 9.91. The van der Waals surface area contributed by atoms with Gasteiger partial charge in [-0.2, -0.15) is 0 Å². The van der Waals surface area contributed by atoms with Crippen LogP contribution in [0.25, 0.3) is 0 Å². The number of amides is 11. The maximum atomic E-state index is 15.2. The van der Waals surface area contributed by atoms with Crippen LogP contribution < -0.4 is 21.3 Å². The van der Waals surface area contributed by atoms with Crippen molar-refractivity contribution in [3.63, 3.8) is 0 Å². The number of nitrogens with one attached hydrogen (secondary N) is 4. The van der Waals surface area contributed by atoms with Gasteiger partial charge in [0.2, 0.25) is 65.0 Å². The number of hydrogen-bond donors (Lipinski definition) is 6. The largest absolute Gasteiger partial charge is 0.394 e. The van der Waals surface area contributed by atoms with Crippen LogP contribution in [0.5, 0.6) is 0 Å². The van der Waals surface area contributed by atoms with Gasteiger partial charge in [-0.25, -0.2) is 0 Å². The molecule has 1 rings (SSSR count). The Balaban J connectivity index is 4.39. The highest BCUT2D eigenvalue weighted by Gasteiger charge is 2.46. The molecule has 0 aromatic heterocycles. The summed E-state index contributed by atoms with van der Waals surface area (Å²) in [4.78, 5) is 169. The van der Waals surface area contributed by atoms with Crippen LogP contribution in [-0.2, 0) is 52.7 Å². The van der Waals surface area contributed by atoms with E-state index < -0.39 is 168 Å². The first-order chi connectivity index (χ1) is 39.7. The molecule has 492 valence electrons. The molecule has 86 heavy (non-hydrogen) atoms. The summed E-state index contributed by atoms with van der Waals surface area (Å²) < 4.78 is 0. The molecule has 1 fully saturated rings. The zero-order chi connectivity index (χ0) is 66.8. The fraction of sp³-hybridized carbons (Fsp3) is 0.790. The highest BCUT2D eigenvalue weighted by Crippen LogP contribution is 2.26. The summed E-state index contributed by atoms with van der Waals surface area (Å²) in [6, 6.07) is -14.5. The number of carbonyl (C=O) groups excluding carboxylic acids is 11. The van der Waals surface area contributed by atoms with Crippen LogP contribution in [0.4, 0.5) is 0 Å². The Morgan fingerprint density at radius 1 is 0.430 bits per heavy atom. The van der Waals surface area contributed by atoms with E-state index in [9.17, 15) is 53.4 Å². The first-order valence-corrected chi connectivity index (χ1v) is 30.7. The van der Waals surface area contributed by atoms with Gasteiger partial charge in [0.1, 0.15) is 66.5 Å². The summed E-state index contributed by atoms with van der Waals surface area (Å²) in [5.41, 5.74) is 0. The summed E-state index contributed by atoms with van der Waals surface area (Å²) in [6.45, 7) is 28.3. The lowest BCUT2D eigenvalue weighted by Gasteiger charge is -2.41. The third-order valence-corrected chi connectivity index (χ3v) is 16.4. The fourth-order valence-corrected chi connectivity index (χ4v) is 11.0. The summed E-state index contributed by atoms with van der Waals surface area (Å²) in [6.07, 6.45) is 2.63. The van der Waals surface area contributed by atoms with Gasteiger partial charge in [-0.05, 0) is 94.3 Å². The molecule has 0 aromatic rings. The molecule has 1 aliphatic rings. The van der Waals surface area contributed by atoms with Crippen LogP contribution in [-0.4, -0.2) is 238 Å². The van der Waals surface area contributed by atoms with Gasteiger partial charge in [0.15, 0.2) is 0 Å². The lowest BCUT2D eigenvalue weighted by molar-refractivity contribution is -0.157.